The zero-order chi connectivity index (χ0) is 15.9. The number of para-hydroxylation sites is 2. The summed E-state index contributed by atoms with van der Waals surface area (Å²) >= 11 is 0. The molecule has 4 nitrogen and oxygen atoms in total. The van der Waals surface area contributed by atoms with Crippen molar-refractivity contribution in [3.8, 4) is 5.75 Å². The summed E-state index contributed by atoms with van der Waals surface area (Å²) in [6.45, 7) is 6.16. The molecule has 0 spiro atoms. The van der Waals surface area contributed by atoms with Crippen molar-refractivity contribution in [2.75, 3.05) is 24.0 Å². The molecule has 1 aliphatic heterocycles. The van der Waals surface area contributed by atoms with Crippen LogP contribution in [-0.4, -0.2) is 14.2 Å². The van der Waals surface area contributed by atoms with Crippen molar-refractivity contribution in [3.63, 3.8) is 0 Å². The van der Waals surface area contributed by atoms with Gasteiger partial charge in [-0.05, 0) is 25.1 Å². The maximum Gasteiger partial charge on any atom is 0.125 e. The van der Waals surface area contributed by atoms with E-state index in [1.54, 1.807) is 7.11 Å². The third kappa shape index (κ3) is 2.12. The van der Waals surface area contributed by atoms with Crippen LogP contribution in [-0.2, 0) is 0 Å². The molecule has 0 radical (unpaired) electrons. The molecule has 0 aromatic heterocycles. The molecule has 2 aromatic rings. The van der Waals surface area contributed by atoms with Gasteiger partial charge in [0.2, 0.25) is 0 Å². The molecule has 0 aliphatic carbocycles. The smallest absolute Gasteiger partial charge is 0.125 e. The lowest BCUT2D eigenvalue weighted by Gasteiger charge is -2.23. The van der Waals surface area contributed by atoms with Crippen LogP contribution >= 0.6 is 0 Å². The average Bonchev–Trinajstić information content (AvgIpc) is 2.78. The van der Waals surface area contributed by atoms with E-state index in [-0.39, 0.29) is 6.04 Å². The van der Waals surface area contributed by atoms with Gasteiger partial charge in [-0.15, -0.1) is 0 Å². The highest BCUT2D eigenvalue weighted by molar-refractivity contribution is 5.88. The molecule has 2 aromatic carbocycles. The predicted octanol–water partition coefficient (Wildman–Crippen LogP) is 3.77. The van der Waals surface area contributed by atoms with Crippen LogP contribution in [0, 0.1) is 0 Å². The Morgan fingerprint density at radius 1 is 1.14 bits per heavy atom. The van der Waals surface area contributed by atoms with Crippen LogP contribution < -0.4 is 20.3 Å². The Bertz CT molecular complexity index is 724. The molecule has 22 heavy (non-hydrogen) atoms. The number of anilines is 3. The van der Waals surface area contributed by atoms with Crippen molar-refractivity contribution in [1.82, 2.24) is 0 Å². The van der Waals surface area contributed by atoms with Crippen LogP contribution in [0.5, 0.6) is 5.75 Å². The average molecular weight is 295 g/mol. The van der Waals surface area contributed by atoms with E-state index in [9.17, 15) is 0 Å². The van der Waals surface area contributed by atoms with E-state index in [4.69, 9.17) is 10.5 Å². The first kappa shape index (κ1) is 14.5. The van der Waals surface area contributed by atoms with E-state index >= 15 is 0 Å². The SMILES string of the molecule is C=C1N(C)c2ccccc2N1c1ccc(C(C)N)c(OC)c1. The molecule has 4 heteroatoms. The molecule has 0 bridgehead atoms. The van der Waals surface area contributed by atoms with Gasteiger partial charge in [0, 0.05) is 24.7 Å². The second kappa shape index (κ2) is 5.39. The van der Waals surface area contributed by atoms with Crippen LogP contribution in [0.4, 0.5) is 17.1 Å². The molecular weight excluding hydrogens is 274 g/mol. The van der Waals surface area contributed by atoms with Crippen LogP contribution in [0.25, 0.3) is 0 Å². The Morgan fingerprint density at radius 3 is 2.45 bits per heavy atom. The third-order valence-electron chi connectivity index (χ3n) is 4.10. The highest BCUT2D eigenvalue weighted by Crippen LogP contribution is 2.45. The van der Waals surface area contributed by atoms with Crippen LogP contribution in [0.1, 0.15) is 18.5 Å². The highest BCUT2D eigenvalue weighted by atomic mass is 16.5. The highest BCUT2D eigenvalue weighted by Gasteiger charge is 2.28. The fourth-order valence-electron chi connectivity index (χ4n) is 2.87. The summed E-state index contributed by atoms with van der Waals surface area (Å²) < 4.78 is 5.51. The first-order valence-corrected chi connectivity index (χ1v) is 7.30. The normalized spacial score (nSPS) is 15.0. The fourth-order valence-corrected chi connectivity index (χ4v) is 2.87. The molecule has 1 atom stereocenters. The summed E-state index contributed by atoms with van der Waals surface area (Å²) in [7, 11) is 3.69. The second-order valence-corrected chi connectivity index (χ2v) is 5.51. The monoisotopic (exact) mass is 295 g/mol. The fraction of sp³-hybridized carbons (Fsp3) is 0.222. The van der Waals surface area contributed by atoms with Crippen molar-refractivity contribution in [3.05, 3.63) is 60.4 Å². The Hall–Kier alpha value is -2.46. The lowest BCUT2D eigenvalue weighted by molar-refractivity contribution is 0.407. The molecule has 2 N–H and O–H groups in total. The Morgan fingerprint density at radius 2 is 1.82 bits per heavy atom. The summed E-state index contributed by atoms with van der Waals surface area (Å²) in [6.07, 6.45) is 0. The van der Waals surface area contributed by atoms with Crippen LogP contribution in [0.3, 0.4) is 0 Å². The molecule has 1 aliphatic rings. The Balaban J connectivity index is 2.10. The molecule has 3 rings (SSSR count). The second-order valence-electron chi connectivity index (χ2n) is 5.51. The van der Waals surface area contributed by atoms with Gasteiger partial charge in [0.1, 0.15) is 11.6 Å². The van der Waals surface area contributed by atoms with Crippen molar-refractivity contribution in [2.24, 2.45) is 5.73 Å². The predicted molar refractivity (Wildman–Crippen MR) is 91.7 cm³/mol. The van der Waals surface area contributed by atoms with Crippen molar-refractivity contribution >= 4 is 17.1 Å². The van der Waals surface area contributed by atoms with Crippen molar-refractivity contribution < 1.29 is 4.74 Å². The van der Waals surface area contributed by atoms with Gasteiger partial charge in [0.25, 0.3) is 0 Å². The van der Waals surface area contributed by atoms with E-state index in [2.05, 4.69) is 34.6 Å². The van der Waals surface area contributed by atoms with E-state index < -0.39 is 0 Å². The van der Waals surface area contributed by atoms with E-state index in [1.807, 2.05) is 38.2 Å². The van der Waals surface area contributed by atoms with Gasteiger partial charge in [0.05, 0.1) is 24.2 Å². The molecule has 0 amide bonds. The zero-order valence-corrected chi connectivity index (χ0v) is 13.2. The number of benzene rings is 2. The van der Waals surface area contributed by atoms with Crippen molar-refractivity contribution in [1.29, 1.82) is 0 Å². The maximum atomic E-state index is 6.00. The van der Waals surface area contributed by atoms with Crippen LogP contribution in [0.2, 0.25) is 0 Å². The number of hydrogen-bond acceptors (Lipinski definition) is 4. The van der Waals surface area contributed by atoms with Gasteiger partial charge in [-0.1, -0.05) is 24.8 Å². The van der Waals surface area contributed by atoms with Gasteiger partial charge < -0.3 is 15.4 Å². The molecule has 0 fully saturated rings. The minimum absolute atomic E-state index is 0.0688. The minimum atomic E-state index is -0.0688. The molecule has 1 heterocycles. The van der Waals surface area contributed by atoms with Gasteiger partial charge in [0.15, 0.2) is 0 Å². The topological polar surface area (TPSA) is 41.7 Å². The summed E-state index contributed by atoms with van der Waals surface area (Å²) in [5.74, 6) is 1.71. The minimum Gasteiger partial charge on any atom is -0.496 e. The van der Waals surface area contributed by atoms with Crippen LogP contribution in [0.15, 0.2) is 54.9 Å². The van der Waals surface area contributed by atoms with E-state index in [1.165, 1.54) is 0 Å². The van der Waals surface area contributed by atoms with E-state index in [0.29, 0.717) is 0 Å². The first-order valence-electron chi connectivity index (χ1n) is 7.30. The number of methoxy groups -OCH3 is 1. The van der Waals surface area contributed by atoms with Gasteiger partial charge >= 0.3 is 0 Å². The Labute approximate surface area is 131 Å². The van der Waals surface area contributed by atoms with Crippen molar-refractivity contribution in [2.45, 2.75) is 13.0 Å². The van der Waals surface area contributed by atoms with Gasteiger partial charge in [-0.3, -0.25) is 4.90 Å². The summed E-state index contributed by atoms with van der Waals surface area (Å²) in [5, 5.41) is 0. The summed E-state index contributed by atoms with van der Waals surface area (Å²) in [6, 6.07) is 14.3. The zero-order valence-electron chi connectivity index (χ0n) is 13.2. The maximum absolute atomic E-state index is 6.00. The molecule has 0 saturated heterocycles. The molecular formula is C18H21N3O. The third-order valence-corrected chi connectivity index (χ3v) is 4.10. The molecule has 1 unspecified atom stereocenters. The largest absolute Gasteiger partial charge is 0.496 e. The number of nitrogens with zero attached hydrogens (tertiary/aromatic N) is 2. The molecule has 0 saturated carbocycles. The van der Waals surface area contributed by atoms with E-state index in [0.717, 1.165) is 34.2 Å². The number of rotatable bonds is 3. The Kier molecular flexibility index (Phi) is 3.54. The summed E-state index contributed by atoms with van der Waals surface area (Å²) in [4.78, 5) is 4.21. The number of nitrogens with two attached hydrogens (primary N) is 1. The number of ether oxygens (including phenoxy) is 1. The first-order chi connectivity index (χ1) is 10.5. The molecule has 114 valence electrons. The standard InChI is InChI=1S/C18H21N3O/c1-12(19)15-10-9-14(11-18(15)22-4)21-13(2)20(3)16-7-5-6-8-17(16)21/h5-12H,2,19H2,1,3-4H3. The summed E-state index contributed by atoms with van der Waals surface area (Å²) in [5.41, 5.74) is 10.3. The number of hydrogen-bond donors (Lipinski definition) is 1. The van der Waals surface area contributed by atoms with Gasteiger partial charge in [-0.25, -0.2) is 0 Å². The lowest BCUT2D eigenvalue weighted by Crippen LogP contribution is -2.20. The lowest BCUT2D eigenvalue weighted by atomic mass is 10.1. The quantitative estimate of drug-likeness (QED) is 0.936. The van der Waals surface area contributed by atoms with Gasteiger partial charge in [-0.2, -0.15) is 0 Å². The number of fused-ring (bicyclic) bond motifs is 1.